The average Bonchev–Trinajstić information content (AvgIpc) is 2.03. The van der Waals surface area contributed by atoms with Gasteiger partial charge in [-0.05, 0) is 19.4 Å². The fourth-order valence-corrected chi connectivity index (χ4v) is 1.04. The highest BCUT2D eigenvalue weighted by atomic mass is 15.2. The van der Waals surface area contributed by atoms with E-state index in [-0.39, 0.29) is 6.04 Å². The molecule has 1 aromatic rings. The third-order valence-electron chi connectivity index (χ3n) is 1.79. The second kappa shape index (κ2) is 3.51. The van der Waals surface area contributed by atoms with Crippen LogP contribution in [0.5, 0.6) is 0 Å². The van der Waals surface area contributed by atoms with Gasteiger partial charge in [-0.3, -0.25) is 11.3 Å². The van der Waals surface area contributed by atoms with Gasteiger partial charge in [-0.25, -0.2) is 0 Å². The second-order valence-electron chi connectivity index (χ2n) is 2.80. The minimum atomic E-state index is 0.231. The molecule has 0 radical (unpaired) electrons. The molecule has 0 aliphatic heterocycles. The first-order chi connectivity index (χ1) is 5.24. The molecule has 3 N–H and O–H groups in total. The number of benzene rings is 1. The zero-order valence-corrected chi connectivity index (χ0v) is 6.96. The molecule has 0 aromatic heterocycles. The average molecular weight is 150 g/mol. The molecule has 1 atom stereocenters. The summed E-state index contributed by atoms with van der Waals surface area (Å²) in [6.07, 6.45) is 0. The monoisotopic (exact) mass is 150 g/mol. The molecule has 60 valence electrons. The minimum Gasteiger partial charge on any atom is -0.271 e. The number of aryl methyl sites for hydroxylation is 1. The van der Waals surface area contributed by atoms with E-state index in [1.54, 1.807) is 0 Å². The van der Waals surface area contributed by atoms with Crippen LogP contribution < -0.4 is 11.3 Å². The summed E-state index contributed by atoms with van der Waals surface area (Å²) in [6.45, 7) is 4.11. The number of hydrogen-bond donors (Lipinski definition) is 2. The SMILES string of the molecule is Cc1cccc([C@@H](C)NN)c1. The van der Waals surface area contributed by atoms with Crippen molar-refractivity contribution < 1.29 is 0 Å². The maximum atomic E-state index is 5.30. The zero-order valence-electron chi connectivity index (χ0n) is 6.96. The van der Waals surface area contributed by atoms with Gasteiger partial charge in [-0.15, -0.1) is 0 Å². The van der Waals surface area contributed by atoms with Crippen molar-refractivity contribution >= 4 is 0 Å². The Bertz CT molecular complexity index is 233. The molecule has 0 saturated carbocycles. The Balaban J connectivity index is 2.86. The summed E-state index contributed by atoms with van der Waals surface area (Å²) in [5, 5.41) is 0. The Kier molecular flexibility index (Phi) is 2.63. The van der Waals surface area contributed by atoms with E-state index in [1.807, 2.05) is 13.0 Å². The maximum absolute atomic E-state index is 5.30. The third-order valence-corrected chi connectivity index (χ3v) is 1.79. The topological polar surface area (TPSA) is 38.0 Å². The summed E-state index contributed by atoms with van der Waals surface area (Å²) in [4.78, 5) is 0. The van der Waals surface area contributed by atoms with Gasteiger partial charge in [0.1, 0.15) is 0 Å². The summed E-state index contributed by atoms with van der Waals surface area (Å²) in [6, 6.07) is 8.54. The summed E-state index contributed by atoms with van der Waals surface area (Å²) in [7, 11) is 0. The van der Waals surface area contributed by atoms with Crippen molar-refractivity contribution in [2.24, 2.45) is 5.84 Å². The summed E-state index contributed by atoms with van der Waals surface area (Å²) in [5.41, 5.74) is 5.21. The van der Waals surface area contributed by atoms with E-state index in [4.69, 9.17) is 5.84 Å². The summed E-state index contributed by atoms with van der Waals surface area (Å²) in [5.74, 6) is 5.30. The molecule has 0 spiro atoms. The number of rotatable bonds is 2. The van der Waals surface area contributed by atoms with Gasteiger partial charge in [-0.2, -0.15) is 0 Å². The third kappa shape index (κ3) is 2.03. The van der Waals surface area contributed by atoms with E-state index in [9.17, 15) is 0 Å². The van der Waals surface area contributed by atoms with Gasteiger partial charge in [0.05, 0.1) is 0 Å². The van der Waals surface area contributed by atoms with E-state index < -0.39 is 0 Å². The molecule has 11 heavy (non-hydrogen) atoms. The normalized spacial score (nSPS) is 13.0. The van der Waals surface area contributed by atoms with Crippen LogP contribution in [0.2, 0.25) is 0 Å². The molecule has 0 unspecified atom stereocenters. The molecule has 1 aromatic carbocycles. The standard InChI is InChI=1S/C9H14N2/c1-7-4-3-5-9(6-7)8(2)11-10/h3-6,8,11H,10H2,1-2H3/t8-/m1/s1. The van der Waals surface area contributed by atoms with Crippen LogP contribution in [0.15, 0.2) is 24.3 Å². The first-order valence-corrected chi connectivity index (χ1v) is 3.76. The fraction of sp³-hybridized carbons (Fsp3) is 0.333. The predicted molar refractivity (Wildman–Crippen MR) is 46.9 cm³/mol. The van der Waals surface area contributed by atoms with Crippen LogP contribution in [-0.4, -0.2) is 0 Å². The van der Waals surface area contributed by atoms with E-state index in [0.717, 1.165) is 0 Å². The maximum Gasteiger partial charge on any atom is 0.0431 e. The molecular formula is C9H14N2. The fourth-order valence-electron chi connectivity index (χ4n) is 1.04. The van der Waals surface area contributed by atoms with Crippen molar-refractivity contribution in [3.05, 3.63) is 35.4 Å². The molecule has 2 nitrogen and oxygen atoms in total. The van der Waals surface area contributed by atoms with Gasteiger partial charge in [-0.1, -0.05) is 29.8 Å². The molecule has 0 amide bonds. The molecule has 2 heteroatoms. The van der Waals surface area contributed by atoms with Crippen LogP contribution in [-0.2, 0) is 0 Å². The van der Waals surface area contributed by atoms with Crippen LogP contribution in [0.25, 0.3) is 0 Å². The van der Waals surface area contributed by atoms with E-state index in [1.165, 1.54) is 11.1 Å². The van der Waals surface area contributed by atoms with Crippen LogP contribution >= 0.6 is 0 Å². The van der Waals surface area contributed by atoms with Crippen LogP contribution in [0, 0.1) is 6.92 Å². The molecule has 0 aliphatic carbocycles. The molecular weight excluding hydrogens is 136 g/mol. The van der Waals surface area contributed by atoms with Gasteiger partial charge in [0.25, 0.3) is 0 Å². The highest BCUT2D eigenvalue weighted by Crippen LogP contribution is 2.11. The summed E-state index contributed by atoms with van der Waals surface area (Å²) >= 11 is 0. The molecule has 0 saturated heterocycles. The summed E-state index contributed by atoms with van der Waals surface area (Å²) < 4.78 is 0. The first kappa shape index (κ1) is 8.24. The lowest BCUT2D eigenvalue weighted by Crippen LogP contribution is -2.25. The van der Waals surface area contributed by atoms with Gasteiger partial charge in [0.2, 0.25) is 0 Å². The van der Waals surface area contributed by atoms with Gasteiger partial charge >= 0.3 is 0 Å². The van der Waals surface area contributed by atoms with E-state index >= 15 is 0 Å². The molecule has 0 fully saturated rings. The van der Waals surface area contributed by atoms with Crippen molar-refractivity contribution in [3.8, 4) is 0 Å². The zero-order chi connectivity index (χ0) is 8.27. The van der Waals surface area contributed by atoms with E-state index in [2.05, 4.69) is 30.5 Å². The van der Waals surface area contributed by atoms with Gasteiger partial charge < -0.3 is 0 Å². The molecule has 0 heterocycles. The highest BCUT2D eigenvalue weighted by Gasteiger charge is 2.00. The van der Waals surface area contributed by atoms with E-state index in [0.29, 0.717) is 0 Å². The Labute approximate surface area is 67.4 Å². The lowest BCUT2D eigenvalue weighted by Gasteiger charge is -2.09. The minimum absolute atomic E-state index is 0.231. The van der Waals surface area contributed by atoms with Crippen molar-refractivity contribution in [2.45, 2.75) is 19.9 Å². The number of hydrogen-bond acceptors (Lipinski definition) is 2. The van der Waals surface area contributed by atoms with Crippen molar-refractivity contribution in [2.75, 3.05) is 0 Å². The molecule has 0 bridgehead atoms. The van der Waals surface area contributed by atoms with Crippen LogP contribution in [0.4, 0.5) is 0 Å². The smallest absolute Gasteiger partial charge is 0.0431 e. The quantitative estimate of drug-likeness (QED) is 0.495. The van der Waals surface area contributed by atoms with Crippen molar-refractivity contribution in [1.29, 1.82) is 0 Å². The predicted octanol–water partition coefficient (Wildman–Crippen LogP) is 1.52. The first-order valence-electron chi connectivity index (χ1n) is 3.76. The van der Waals surface area contributed by atoms with Crippen LogP contribution in [0.3, 0.4) is 0 Å². The number of nitrogens with two attached hydrogens (primary N) is 1. The Hall–Kier alpha value is -0.860. The van der Waals surface area contributed by atoms with Gasteiger partial charge in [0, 0.05) is 6.04 Å². The number of nitrogens with one attached hydrogen (secondary N) is 1. The lowest BCUT2D eigenvalue weighted by molar-refractivity contribution is 0.602. The molecule has 1 rings (SSSR count). The van der Waals surface area contributed by atoms with Gasteiger partial charge in [0.15, 0.2) is 0 Å². The number of hydrazine groups is 1. The highest BCUT2D eigenvalue weighted by molar-refractivity contribution is 5.24. The largest absolute Gasteiger partial charge is 0.271 e. The second-order valence-corrected chi connectivity index (χ2v) is 2.80. The van der Waals surface area contributed by atoms with Crippen molar-refractivity contribution in [1.82, 2.24) is 5.43 Å². The Morgan fingerprint density at radius 2 is 2.18 bits per heavy atom. The molecule has 0 aliphatic rings. The van der Waals surface area contributed by atoms with Crippen LogP contribution in [0.1, 0.15) is 24.1 Å². The van der Waals surface area contributed by atoms with Crippen molar-refractivity contribution in [3.63, 3.8) is 0 Å². The Morgan fingerprint density at radius 1 is 1.45 bits per heavy atom. The Morgan fingerprint density at radius 3 is 2.73 bits per heavy atom. The lowest BCUT2D eigenvalue weighted by atomic mass is 10.1.